The molecule has 2 aromatic carbocycles. The van der Waals surface area contributed by atoms with E-state index < -0.39 is 10.0 Å². The van der Waals surface area contributed by atoms with E-state index in [-0.39, 0.29) is 4.90 Å². The molecule has 0 aliphatic carbocycles. The van der Waals surface area contributed by atoms with E-state index in [2.05, 4.69) is 6.92 Å². The average molecular weight is 284 g/mol. The van der Waals surface area contributed by atoms with Gasteiger partial charge in [0, 0.05) is 11.6 Å². The zero-order chi connectivity index (χ0) is 14.2. The van der Waals surface area contributed by atoms with Crippen LogP contribution in [0, 0.1) is 6.92 Å². The van der Waals surface area contributed by atoms with Gasteiger partial charge >= 0.3 is 0 Å². The van der Waals surface area contributed by atoms with Gasteiger partial charge in [-0.25, -0.2) is 12.4 Å². The zero-order valence-electron chi connectivity index (χ0n) is 10.9. The maximum absolute atomic E-state index is 12.7. The topological polar surface area (TPSA) is 39.1 Å². The molecular formula is C16H14NO2S. The first-order chi connectivity index (χ1) is 9.64. The molecular weight excluding hydrogens is 270 g/mol. The molecule has 1 heterocycles. The first-order valence-electron chi connectivity index (χ1n) is 6.33. The van der Waals surface area contributed by atoms with Crippen LogP contribution in [0.3, 0.4) is 0 Å². The van der Waals surface area contributed by atoms with Crippen molar-refractivity contribution in [3.05, 3.63) is 73.3 Å². The highest BCUT2D eigenvalue weighted by molar-refractivity contribution is 7.90. The number of nitrogens with zero attached hydrogens (tertiary/aromatic N) is 1. The van der Waals surface area contributed by atoms with Crippen molar-refractivity contribution in [2.45, 2.75) is 11.3 Å². The van der Waals surface area contributed by atoms with Gasteiger partial charge in [0.15, 0.2) is 0 Å². The Labute approximate surface area is 118 Å². The number of benzene rings is 2. The molecule has 1 aromatic heterocycles. The molecule has 0 spiro atoms. The van der Waals surface area contributed by atoms with Gasteiger partial charge in [-0.2, -0.15) is 0 Å². The highest BCUT2D eigenvalue weighted by Crippen LogP contribution is 2.26. The van der Waals surface area contributed by atoms with Crippen LogP contribution in [0.15, 0.2) is 65.7 Å². The molecule has 0 aliphatic rings. The number of aromatic nitrogens is 1. The third kappa shape index (κ3) is 1.93. The van der Waals surface area contributed by atoms with Crippen LogP contribution in [-0.4, -0.2) is 12.4 Å². The van der Waals surface area contributed by atoms with Gasteiger partial charge in [0.05, 0.1) is 10.4 Å². The summed E-state index contributed by atoms with van der Waals surface area (Å²) in [7, 11) is -3.57. The molecule has 0 aliphatic heterocycles. The second-order valence-electron chi connectivity index (χ2n) is 4.54. The second-order valence-corrected chi connectivity index (χ2v) is 6.35. The first kappa shape index (κ1) is 12.9. The van der Waals surface area contributed by atoms with Gasteiger partial charge in [0.1, 0.15) is 0 Å². The monoisotopic (exact) mass is 284 g/mol. The zero-order valence-corrected chi connectivity index (χ0v) is 11.7. The van der Waals surface area contributed by atoms with Crippen molar-refractivity contribution in [3.8, 4) is 0 Å². The van der Waals surface area contributed by atoms with Gasteiger partial charge in [-0.15, -0.1) is 0 Å². The predicted octanol–water partition coefficient (Wildman–Crippen LogP) is 3.25. The summed E-state index contributed by atoms with van der Waals surface area (Å²) >= 11 is 0. The molecule has 3 rings (SSSR count). The Bertz CT molecular complexity index is 849. The van der Waals surface area contributed by atoms with Crippen LogP contribution in [0.25, 0.3) is 10.9 Å². The van der Waals surface area contributed by atoms with E-state index in [9.17, 15) is 8.42 Å². The van der Waals surface area contributed by atoms with Crippen molar-refractivity contribution in [1.82, 2.24) is 3.97 Å². The van der Waals surface area contributed by atoms with Crippen molar-refractivity contribution in [2.24, 2.45) is 0 Å². The van der Waals surface area contributed by atoms with E-state index in [1.54, 1.807) is 36.5 Å². The molecule has 0 N–H and O–H groups in total. The molecule has 0 saturated carbocycles. The van der Waals surface area contributed by atoms with Crippen LogP contribution in [0.2, 0.25) is 0 Å². The minimum Gasteiger partial charge on any atom is -0.241 e. The maximum atomic E-state index is 12.7. The number of rotatable bonds is 3. The molecule has 0 saturated heterocycles. The molecule has 101 valence electrons. The van der Waals surface area contributed by atoms with Gasteiger partial charge in [-0.3, -0.25) is 0 Å². The number of para-hydroxylation sites is 1. The minimum absolute atomic E-state index is 0.288. The summed E-state index contributed by atoms with van der Waals surface area (Å²) < 4.78 is 26.8. The first-order valence-corrected chi connectivity index (χ1v) is 7.77. The lowest BCUT2D eigenvalue weighted by Crippen LogP contribution is -2.11. The fraction of sp³-hybridized carbons (Fsp3) is 0.0625. The SMILES string of the molecule is [CH2]Cc1cn(S(=O)(=O)c2ccccc2)c2ccccc12. The lowest BCUT2D eigenvalue weighted by Gasteiger charge is -2.07. The smallest absolute Gasteiger partial charge is 0.241 e. The highest BCUT2D eigenvalue weighted by Gasteiger charge is 2.20. The lowest BCUT2D eigenvalue weighted by molar-refractivity contribution is 0.589. The van der Waals surface area contributed by atoms with E-state index in [1.165, 1.54) is 3.97 Å². The quantitative estimate of drug-likeness (QED) is 0.740. The molecule has 20 heavy (non-hydrogen) atoms. The summed E-state index contributed by atoms with van der Waals surface area (Å²) in [5, 5.41) is 0.932. The predicted molar refractivity (Wildman–Crippen MR) is 80.0 cm³/mol. The number of hydrogen-bond donors (Lipinski definition) is 0. The van der Waals surface area contributed by atoms with Crippen LogP contribution in [-0.2, 0) is 16.4 Å². The maximum Gasteiger partial charge on any atom is 0.268 e. The summed E-state index contributed by atoms with van der Waals surface area (Å²) in [5.74, 6) is 0. The van der Waals surface area contributed by atoms with Gasteiger partial charge < -0.3 is 0 Å². The van der Waals surface area contributed by atoms with Gasteiger partial charge in [-0.1, -0.05) is 36.4 Å². The minimum atomic E-state index is -3.57. The van der Waals surface area contributed by atoms with Crippen LogP contribution in [0.1, 0.15) is 5.56 Å². The van der Waals surface area contributed by atoms with E-state index in [4.69, 9.17) is 0 Å². The number of fused-ring (bicyclic) bond motifs is 1. The molecule has 0 atom stereocenters. The standard InChI is InChI=1S/C16H14NO2S/c1-2-13-12-17(16-11-7-6-10-15(13)16)20(18,19)14-8-4-3-5-9-14/h3-12H,1-2H2. The molecule has 3 aromatic rings. The summed E-state index contributed by atoms with van der Waals surface area (Å²) in [6.07, 6.45) is 2.22. The largest absolute Gasteiger partial charge is 0.268 e. The summed E-state index contributed by atoms with van der Waals surface area (Å²) in [6, 6.07) is 15.9. The van der Waals surface area contributed by atoms with Crippen molar-refractivity contribution >= 4 is 20.9 Å². The van der Waals surface area contributed by atoms with Crippen LogP contribution in [0.4, 0.5) is 0 Å². The normalized spacial score (nSPS) is 11.8. The van der Waals surface area contributed by atoms with Gasteiger partial charge in [-0.05, 0) is 37.1 Å². The third-order valence-electron chi connectivity index (χ3n) is 3.33. The van der Waals surface area contributed by atoms with Crippen molar-refractivity contribution in [3.63, 3.8) is 0 Å². The third-order valence-corrected chi connectivity index (χ3v) is 5.02. The molecule has 0 fully saturated rings. The molecule has 0 amide bonds. The molecule has 0 unspecified atom stereocenters. The van der Waals surface area contributed by atoms with Crippen LogP contribution < -0.4 is 0 Å². The van der Waals surface area contributed by atoms with Crippen molar-refractivity contribution < 1.29 is 8.42 Å². The van der Waals surface area contributed by atoms with E-state index in [1.807, 2.05) is 24.3 Å². The highest BCUT2D eigenvalue weighted by atomic mass is 32.2. The van der Waals surface area contributed by atoms with Crippen molar-refractivity contribution in [1.29, 1.82) is 0 Å². The lowest BCUT2D eigenvalue weighted by atomic mass is 10.1. The molecule has 4 heteroatoms. The Morgan fingerprint density at radius 2 is 1.60 bits per heavy atom. The molecule has 1 radical (unpaired) electrons. The Kier molecular flexibility index (Phi) is 3.10. The second kappa shape index (κ2) is 4.80. The number of hydrogen-bond acceptors (Lipinski definition) is 2. The van der Waals surface area contributed by atoms with E-state index in [0.717, 1.165) is 10.9 Å². The fourth-order valence-electron chi connectivity index (χ4n) is 2.32. The van der Waals surface area contributed by atoms with Crippen LogP contribution >= 0.6 is 0 Å². The summed E-state index contributed by atoms with van der Waals surface area (Å²) in [4.78, 5) is 0.288. The average Bonchev–Trinajstić information content (AvgIpc) is 2.88. The Balaban J connectivity index is 2.30. The molecule has 3 nitrogen and oxygen atoms in total. The van der Waals surface area contributed by atoms with E-state index >= 15 is 0 Å². The summed E-state index contributed by atoms with van der Waals surface area (Å²) in [5.41, 5.74) is 1.62. The fourth-order valence-corrected chi connectivity index (χ4v) is 3.73. The van der Waals surface area contributed by atoms with E-state index in [0.29, 0.717) is 11.9 Å². The molecule has 0 bridgehead atoms. The summed E-state index contributed by atoms with van der Waals surface area (Å²) in [6.45, 7) is 3.87. The Hall–Kier alpha value is -2.07. The van der Waals surface area contributed by atoms with Gasteiger partial charge in [0.2, 0.25) is 0 Å². The van der Waals surface area contributed by atoms with Gasteiger partial charge in [0.25, 0.3) is 10.0 Å². The van der Waals surface area contributed by atoms with Crippen LogP contribution in [0.5, 0.6) is 0 Å². The Morgan fingerprint density at radius 3 is 2.30 bits per heavy atom. The Morgan fingerprint density at radius 1 is 0.950 bits per heavy atom. The van der Waals surface area contributed by atoms with Crippen molar-refractivity contribution in [2.75, 3.05) is 0 Å².